The van der Waals surface area contributed by atoms with Crippen LogP contribution in [-0.2, 0) is 19.6 Å². The summed E-state index contributed by atoms with van der Waals surface area (Å²) in [7, 11) is -3.79. The largest absolute Gasteiger partial charge is 0.452 e. The third kappa shape index (κ3) is 4.39. The maximum Gasteiger partial charge on any atom is 0.321 e. The SMILES string of the molecule is Cc1noc(C(C)OC(=O)CNS(=O)(=O)c2ccc(C)c(C)c2)n1. The summed E-state index contributed by atoms with van der Waals surface area (Å²) in [5.74, 6) is -0.174. The van der Waals surface area contributed by atoms with Crippen molar-refractivity contribution in [1.82, 2.24) is 14.9 Å². The van der Waals surface area contributed by atoms with E-state index in [0.29, 0.717) is 5.82 Å². The molecule has 0 aliphatic rings. The Bertz CT molecular complexity index is 845. The molecule has 1 unspecified atom stereocenters. The number of carbonyl (C=O) groups is 1. The third-order valence-corrected chi connectivity index (χ3v) is 4.79. The van der Waals surface area contributed by atoms with Gasteiger partial charge >= 0.3 is 5.97 Å². The standard InChI is InChI=1S/C15H19N3O5S/c1-9-5-6-13(7-10(9)2)24(20,21)16-8-14(19)22-11(3)15-17-12(4)18-23-15/h5-7,11,16H,8H2,1-4H3. The van der Waals surface area contributed by atoms with Gasteiger partial charge in [-0.1, -0.05) is 11.2 Å². The number of carbonyl (C=O) groups excluding carboxylic acids is 1. The Kier molecular flexibility index (Phi) is 5.35. The van der Waals surface area contributed by atoms with E-state index in [4.69, 9.17) is 9.26 Å². The van der Waals surface area contributed by atoms with E-state index in [0.717, 1.165) is 11.1 Å². The lowest BCUT2D eigenvalue weighted by molar-refractivity contribution is -0.148. The molecule has 0 amide bonds. The van der Waals surface area contributed by atoms with Gasteiger partial charge in [-0.25, -0.2) is 8.42 Å². The minimum Gasteiger partial charge on any atom is -0.452 e. The monoisotopic (exact) mass is 353 g/mol. The molecule has 1 aromatic carbocycles. The predicted octanol–water partition coefficient (Wildman–Crippen LogP) is 1.58. The molecule has 0 saturated heterocycles. The van der Waals surface area contributed by atoms with Crippen LogP contribution in [0.3, 0.4) is 0 Å². The van der Waals surface area contributed by atoms with Crippen molar-refractivity contribution in [3.05, 3.63) is 41.0 Å². The van der Waals surface area contributed by atoms with Crippen LogP contribution < -0.4 is 4.72 Å². The number of ether oxygens (including phenoxy) is 1. The van der Waals surface area contributed by atoms with Crippen LogP contribution >= 0.6 is 0 Å². The first kappa shape index (κ1) is 18.1. The van der Waals surface area contributed by atoms with E-state index in [1.807, 2.05) is 13.8 Å². The molecule has 1 atom stereocenters. The molecule has 0 bridgehead atoms. The van der Waals surface area contributed by atoms with Crippen LogP contribution in [0.15, 0.2) is 27.6 Å². The Labute approximate surface area is 140 Å². The van der Waals surface area contributed by atoms with E-state index >= 15 is 0 Å². The van der Waals surface area contributed by atoms with Crippen molar-refractivity contribution in [3.63, 3.8) is 0 Å². The van der Waals surface area contributed by atoms with E-state index in [1.165, 1.54) is 6.07 Å². The molecule has 0 spiro atoms. The van der Waals surface area contributed by atoms with E-state index < -0.39 is 28.6 Å². The van der Waals surface area contributed by atoms with Crippen molar-refractivity contribution in [1.29, 1.82) is 0 Å². The average molecular weight is 353 g/mol. The Morgan fingerprint density at radius 2 is 2.00 bits per heavy atom. The van der Waals surface area contributed by atoms with Crippen LogP contribution in [0.5, 0.6) is 0 Å². The van der Waals surface area contributed by atoms with Gasteiger partial charge in [-0.3, -0.25) is 4.79 Å². The molecule has 130 valence electrons. The zero-order chi connectivity index (χ0) is 17.9. The lowest BCUT2D eigenvalue weighted by atomic mass is 10.1. The van der Waals surface area contributed by atoms with Gasteiger partial charge in [-0.15, -0.1) is 0 Å². The molecule has 1 N–H and O–H groups in total. The highest BCUT2D eigenvalue weighted by molar-refractivity contribution is 7.89. The lowest BCUT2D eigenvalue weighted by Crippen LogP contribution is -2.31. The Morgan fingerprint density at radius 1 is 1.29 bits per heavy atom. The molecular weight excluding hydrogens is 334 g/mol. The van der Waals surface area contributed by atoms with Crippen molar-refractivity contribution < 1.29 is 22.5 Å². The highest BCUT2D eigenvalue weighted by atomic mass is 32.2. The summed E-state index contributed by atoms with van der Waals surface area (Å²) in [5.41, 5.74) is 1.83. The van der Waals surface area contributed by atoms with Gasteiger partial charge in [0.15, 0.2) is 11.9 Å². The molecule has 2 rings (SSSR count). The summed E-state index contributed by atoms with van der Waals surface area (Å²) in [6, 6.07) is 4.74. The number of benzene rings is 1. The van der Waals surface area contributed by atoms with Gasteiger partial charge in [-0.2, -0.15) is 9.71 Å². The third-order valence-electron chi connectivity index (χ3n) is 3.39. The number of aromatic nitrogens is 2. The quantitative estimate of drug-likeness (QED) is 0.785. The number of hydrogen-bond donors (Lipinski definition) is 1. The molecule has 2 aromatic rings. The van der Waals surface area contributed by atoms with Gasteiger partial charge in [0.1, 0.15) is 6.54 Å². The molecule has 1 aromatic heterocycles. The number of aryl methyl sites for hydroxylation is 3. The fourth-order valence-corrected chi connectivity index (χ4v) is 2.94. The molecule has 24 heavy (non-hydrogen) atoms. The van der Waals surface area contributed by atoms with Crippen LogP contribution in [0, 0.1) is 20.8 Å². The summed E-state index contributed by atoms with van der Waals surface area (Å²) in [5, 5.41) is 3.60. The number of rotatable bonds is 6. The predicted molar refractivity (Wildman–Crippen MR) is 84.6 cm³/mol. The zero-order valence-corrected chi connectivity index (χ0v) is 14.7. The molecule has 1 heterocycles. The van der Waals surface area contributed by atoms with Crippen molar-refractivity contribution in [2.45, 2.75) is 38.7 Å². The second-order valence-corrected chi connectivity index (χ2v) is 7.15. The van der Waals surface area contributed by atoms with E-state index in [2.05, 4.69) is 14.9 Å². The van der Waals surface area contributed by atoms with Crippen LogP contribution in [0.2, 0.25) is 0 Å². The smallest absolute Gasteiger partial charge is 0.321 e. The van der Waals surface area contributed by atoms with Gasteiger partial charge in [0.25, 0.3) is 5.89 Å². The summed E-state index contributed by atoms with van der Waals surface area (Å²) in [6.07, 6.45) is -0.759. The lowest BCUT2D eigenvalue weighted by Gasteiger charge is -2.11. The van der Waals surface area contributed by atoms with Crippen LogP contribution in [0.4, 0.5) is 0 Å². The number of nitrogens with one attached hydrogen (secondary N) is 1. The maximum atomic E-state index is 12.2. The second kappa shape index (κ2) is 7.10. The Morgan fingerprint density at radius 3 is 2.58 bits per heavy atom. The minimum absolute atomic E-state index is 0.0963. The molecule has 0 radical (unpaired) electrons. The Balaban J connectivity index is 1.96. The van der Waals surface area contributed by atoms with Crippen LogP contribution in [0.25, 0.3) is 0 Å². The fourth-order valence-electron chi connectivity index (χ4n) is 1.89. The summed E-state index contributed by atoms with van der Waals surface area (Å²) >= 11 is 0. The van der Waals surface area contributed by atoms with E-state index in [9.17, 15) is 13.2 Å². The molecule has 8 nitrogen and oxygen atoms in total. The average Bonchev–Trinajstić information content (AvgIpc) is 2.94. The first-order valence-corrected chi connectivity index (χ1v) is 8.74. The van der Waals surface area contributed by atoms with Gasteiger partial charge < -0.3 is 9.26 Å². The fraction of sp³-hybridized carbons (Fsp3) is 0.400. The molecular formula is C15H19N3O5S. The molecule has 0 aliphatic carbocycles. The first-order chi connectivity index (χ1) is 11.2. The highest BCUT2D eigenvalue weighted by Gasteiger charge is 2.20. The normalized spacial score (nSPS) is 12.8. The molecule has 0 aliphatic heterocycles. The van der Waals surface area contributed by atoms with Crippen molar-refractivity contribution >= 4 is 16.0 Å². The maximum absolute atomic E-state index is 12.2. The van der Waals surface area contributed by atoms with Crippen molar-refractivity contribution in [3.8, 4) is 0 Å². The zero-order valence-electron chi connectivity index (χ0n) is 13.9. The van der Waals surface area contributed by atoms with Crippen molar-refractivity contribution in [2.24, 2.45) is 0 Å². The van der Waals surface area contributed by atoms with E-state index in [-0.39, 0.29) is 10.8 Å². The topological polar surface area (TPSA) is 111 Å². The minimum atomic E-state index is -3.79. The molecule has 0 saturated carbocycles. The van der Waals surface area contributed by atoms with Crippen LogP contribution in [-0.4, -0.2) is 31.1 Å². The second-order valence-electron chi connectivity index (χ2n) is 5.38. The summed E-state index contributed by atoms with van der Waals surface area (Å²) in [4.78, 5) is 15.8. The van der Waals surface area contributed by atoms with Gasteiger partial charge in [0, 0.05) is 0 Å². The number of hydrogen-bond acceptors (Lipinski definition) is 7. The summed E-state index contributed by atoms with van der Waals surface area (Å²) < 4.78 is 36.6. The summed E-state index contributed by atoms with van der Waals surface area (Å²) in [6.45, 7) is 6.41. The molecule has 9 heteroatoms. The molecule has 0 fully saturated rings. The van der Waals surface area contributed by atoms with Crippen LogP contribution in [0.1, 0.15) is 35.9 Å². The Hall–Kier alpha value is -2.26. The van der Waals surface area contributed by atoms with Gasteiger partial charge in [0.2, 0.25) is 10.0 Å². The van der Waals surface area contributed by atoms with Crippen molar-refractivity contribution in [2.75, 3.05) is 6.54 Å². The number of esters is 1. The number of sulfonamides is 1. The highest BCUT2D eigenvalue weighted by Crippen LogP contribution is 2.16. The van der Waals surface area contributed by atoms with Gasteiger partial charge in [-0.05, 0) is 51.0 Å². The van der Waals surface area contributed by atoms with E-state index in [1.54, 1.807) is 26.0 Å². The first-order valence-electron chi connectivity index (χ1n) is 7.25. The van der Waals surface area contributed by atoms with Gasteiger partial charge in [0.05, 0.1) is 4.90 Å². The number of nitrogens with zero attached hydrogens (tertiary/aromatic N) is 2.